The summed E-state index contributed by atoms with van der Waals surface area (Å²) in [5.74, 6) is 0.244. The molecule has 84 valence electrons. The van der Waals surface area contributed by atoms with E-state index in [1.54, 1.807) is 13.8 Å². The summed E-state index contributed by atoms with van der Waals surface area (Å²) < 4.78 is 10.2. The Morgan fingerprint density at radius 1 is 1.29 bits per heavy atom. The van der Waals surface area contributed by atoms with Crippen LogP contribution in [0, 0.1) is 5.92 Å². The van der Waals surface area contributed by atoms with E-state index in [0.29, 0.717) is 19.1 Å². The van der Waals surface area contributed by atoms with Crippen molar-refractivity contribution in [2.24, 2.45) is 5.92 Å². The molecule has 3 heteroatoms. The fourth-order valence-electron chi connectivity index (χ4n) is 1.21. The van der Waals surface area contributed by atoms with Crippen molar-refractivity contribution in [1.82, 2.24) is 0 Å². The lowest BCUT2D eigenvalue weighted by molar-refractivity contribution is -0.156. The van der Waals surface area contributed by atoms with Gasteiger partial charge in [0.25, 0.3) is 0 Å². The lowest BCUT2D eigenvalue weighted by Gasteiger charge is -2.15. The van der Waals surface area contributed by atoms with Crippen LogP contribution in [0.4, 0.5) is 0 Å². The molecule has 0 aliphatic carbocycles. The molecule has 0 saturated heterocycles. The number of carbonyl (C=O) groups is 1. The van der Waals surface area contributed by atoms with Crippen molar-refractivity contribution in [3.8, 4) is 0 Å². The number of ether oxygens (including phenoxy) is 2. The van der Waals surface area contributed by atoms with E-state index in [0.717, 1.165) is 12.8 Å². The van der Waals surface area contributed by atoms with Gasteiger partial charge < -0.3 is 9.47 Å². The smallest absolute Gasteiger partial charge is 0.334 e. The molecule has 0 aromatic rings. The maximum absolute atomic E-state index is 11.2. The maximum Gasteiger partial charge on any atom is 0.334 e. The lowest BCUT2D eigenvalue weighted by atomic mass is 10.1. The van der Waals surface area contributed by atoms with E-state index in [2.05, 4.69) is 13.8 Å². The Labute approximate surface area is 86.8 Å². The van der Waals surface area contributed by atoms with E-state index in [4.69, 9.17) is 9.47 Å². The predicted octanol–water partition coefficient (Wildman–Crippen LogP) is 2.39. The van der Waals surface area contributed by atoms with E-state index in [-0.39, 0.29) is 5.97 Å². The van der Waals surface area contributed by atoms with Gasteiger partial charge in [0.05, 0.1) is 13.2 Å². The molecule has 14 heavy (non-hydrogen) atoms. The normalized spacial score (nSPS) is 14.9. The molecular weight excluding hydrogens is 180 g/mol. The molecule has 0 fully saturated rings. The van der Waals surface area contributed by atoms with Gasteiger partial charge in [0.15, 0.2) is 6.10 Å². The number of carbonyl (C=O) groups excluding carboxylic acids is 1. The van der Waals surface area contributed by atoms with Gasteiger partial charge in [-0.25, -0.2) is 4.79 Å². The van der Waals surface area contributed by atoms with E-state index in [1.807, 2.05) is 0 Å². The third-order valence-electron chi connectivity index (χ3n) is 2.03. The molecule has 0 saturated carbocycles. The van der Waals surface area contributed by atoms with Gasteiger partial charge in [-0.3, -0.25) is 0 Å². The van der Waals surface area contributed by atoms with E-state index in [9.17, 15) is 4.79 Å². The molecule has 0 N–H and O–H groups in total. The van der Waals surface area contributed by atoms with Gasteiger partial charge in [-0.2, -0.15) is 0 Å². The first-order valence-electron chi connectivity index (χ1n) is 5.40. The molecule has 0 aliphatic heterocycles. The van der Waals surface area contributed by atoms with Gasteiger partial charge in [-0.1, -0.05) is 20.3 Å². The Morgan fingerprint density at radius 2 is 1.93 bits per heavy atom. The van der Waals surface area contributed by atoms with Crippen LogP contribution in [0.1, 0.15) is 40.5 Å². The minimum Gasteiger partial charge on any atom is -0.464 e. The summed E-state index contributed by atoms with van der Waals surface area (Å²) in [5.41, 5.74) is 0. The van der Waals surface area contributed by atoms with Crippen LogP contribution in [0.3, 0.4) is 0 Å². The van der Waals surface area contributed by atoms with Crippen LogP contribution < -0.4 is 0 Å². The third-order valence-corrected chi connectivity index (χ3v) is 2.03. The van der Waals surface area contributed by atoms with Crippen molar-refractivity contribution in [3.63, 3.8) is 0 Å². The van der Waals surface area contributed by atoms with Gasteiger partial charge >= 0.3 is 5.97 Å². The highest BCUT2D eigenvalue weighted by molar-refractivity contribution is 5.74. The minimum atomic E-state index is -0.436. The predicted molar refractivity (Wildman–Crippen MR) is 56.1 cm³/mol. The quantitative estimate of drug-likeness (QED) is 0.595. The van der Waals surface area contributed by atoms with Gasteiger partial charge in [0.1, 0.15) is 0 Å². The molecule has 0 aromatic heterocycles. The Morgan fingerprint density at radius 3 is 2.43 bits per heavy atom. The number of rotatable bonds is 7. The highest BCUT2D eigenvalue weighted by atomic mass is 16.6. The first kappa shape index (κ1) is 13.4. The highest BCUT2D eigenvalue weighted by Gasteiger charge is 2.15. The first-order chi connectivity index (χ1) is 6.61. The van der Waals surface area contributed by atoms with Gasteiger partial charge in [-0.05, 0) is 26.2 Å². The first-order valence-corrected chi connectivity index (χ1v) is 5.40. The third kappa shape index (κ3) is 5.97. The number of hydrogen-bond acceptors (Lipinski definition) is 3. The summed E-state index contributed by atoms with van der Waals surface area (Å²) in [6.45, 7) is 8.85. The van der Waals surface area contributed by atoms with Crippen LogP contribution in [-0.4, -0.2) is 25.3 Å². The molecule has 0 spiro atoms. The summed E-state index contributed by atoms with van der Waals surface area (Å²) >= 11 is 0. The van der Waals surface area contributed by atoms with Crippen molar-refractivity contribution in [1.29, 1.82) is 0 Å². The van der Waals surface area contributed by atoms with Crippen LogP contribution in [0.2, 0.25) is 0 Å². The Hall–Kier alpha value is -0.570. The average Bonchev–Trinajstić information content (AvgIpc) is 2.15. The van der Waals surface area contributed by atoms with Crippen molar-refractivity contribution in [2.75, 3.05) is 13.2 Å². The van der Waals surface area contributed by atoms with Gasteiger partial charge in [0, 0.05) is 0 Å². The standard InChI is InChI=1S/C11H22O3/c1-5-7-9(3)8-14-10(4)11(12)13-6-2/h9-10H,5-8H2,1-4H3. The molecule has 2 unspecified atom stereocenters. The van der Waals surface area contributed by atoms with Crippen molar-refractivity contribution >= 4 is 5.97 Å². The summed E-state index contributed by atoms with van der Waals surface area (Å²) in [6, 6.07) is 0. The summed E-state index contributed by atoms with van der Waals surface area (Å²) in [4.78, 5) is 11.2. The SMILES string of the molecule is CCCC(C)COC(C)C(=O)OCC. The molecule has 0 aliphatic rings. The van der Waals surface area contributed by atoms with Gasteiger partial charge in [-0.15, -0.1) is 0 Å². The molecular formula is C11H22O3. The topological polar surface area (TPSA) is 35.5 Å². The molecule has 0 aromatic carbocycles. The Bertz CT molecular complexity index is 157. The molecule has 0 heterocycles. The summed E-state index contributed by atoms with van der Waals surface area (Å²) in [7, 11) is 0. The van der Waals surface area contributed by atoms with Crippen molar-refractivity contribution in [3.05, 3.63) is 0 Å². The van der Waals surface area contributed by atoms with Crippen molar-refractivity contribution < 1.29 is 14.3 Å². The Kier molecular flexibility index (Phi) is 7.48. The largest absolute Gasteiger partial charge is 0.464 e. The van der Waals surface area contributed by atoms with Gasteiger partial charge in [0.2, 0.25) is 0 Å². The molecule has 0 rings (SSSR count). The molecule has 2 atom stereocenters. The van der Waals surface area contributed by atoms with Crippen LogP contribution in [-0.2, 0) is 14.3 Å². The zero-order chi connectivity index (χ0) is 11.0. The maximum atomic E-state index is 11.2. The zero-order valence-corrected chi connectivity index (χ0v) is 9.71. The van der Waals surface area contributed by atoms with E-state index in [1.165, 1.54) is 0 Å². The van der Waals surface area contributed by atoms with Crippen LogP contribution >= 0.6 is 0 Å². The molecule has 3 nitrogen and oxygen atoms in total. The molecule has 0 bridgehead atoms. The molecule has 0 amide bonds. The van der Waals surface area contributed by atoms with Crippen LogP contribution in [0.15, 0.2) is 0 Å². The summed E-state index contributed by atoms with van der Waals surface area (Å²) in [6.07, 6.45) is 1.85. The Balaban J connectivity index is 3.61. The number of hydrogen-bond donors (Lipinski definition) is 0. The number of esters is 1. The average molecular weight is 202 g/mol. The minimum absolute atomic E-state index is 0.267. The lowest BCUT2D eigenvalue weighted by Crippen LogP contribution is -2.25. The zero-order valence-electron chi connectivity index (χ0n) is 9.71. The fraction of sp³-hybridized carbons (Fsp3) is 0.909. The van der Waals surface area contributed by atoms with Crippen LogP contribution in [0.25, 0.3) is 0 Å². The fourth-order valence-corrected chi connectivity index (χ4v) is 1.21. The van der Waals surface area contributed by atoms with Crippen LogP contribution in [0.5, 0.6) is 0 Å². The second kappa shape index (κ2) is 7.80. The summed E-state index contributed by atoms with van der Waals surface area (Å²) in [5, 5.41) is 0. The van der Waals surface area contributed by atoms with E-state index >= 15 is 0 Å². The second-order valence-corrected chi connectivity index (χ2v) is 3.62. The molecule has 0 radical (unpaired) electrons. The van der Waals surface area contributed by atoms with E-state index < -0.39 is 6.10 Å². The van der Waals surface area contributed by atoms with Crippen molar-refractivity contribution in [2.45, 2.75) is 46.6 Å². The highest BCUT2D eigenvalue weighted by Crippen LogP contribution is 2.07. The second-order valence-electron chi connectivity index (χ2n) is 3.62. The monoisotopic (exact) mass is 202 g/mol.